The van der Waals surface area contributed by atoms with Gasteiger partial charge in [0.25, 0.3) is 0 Å². The molecule has 0 radical (unpaired) electrons. The first-order valence-corrected chi connectivity index (χ1v) is 8.02. The largest absolute Gasteiger partial charge is 0.471 e. The molecule has 0 atom stereocenters. The van der Waals surface area contributed by atoms with E-state index in [1.807, 2.05) is 6.92 Å². The van der Waals surface area contributed by atoms with E-state index < -0.39 is 22.1 Å². The van der Waals surface area contributed by atoms with Gasteiger partial charge < -0.3 is 5.32 Å². The molecule has 2 N–H and O–H groups in total. The van der Waals surface area contributed by atoms with Crippen LogP contribution in [-0.4, -0.2) is 33.6 Å². The Balaban J connectivity index is 2.30. The number of carbonyl (C=O) groups is 1. The molecule has 0 aliphatic rings. The van der Waals surface area contributed by atoms with Crippen LogP contribution in [0.15, 0.2) is 29.2 Å². The molecule has 124 valence electrons. The van der Waals surface area contributed by atoms with E-state index in [4.69, 9.17) is 0 Å². The first-order valence-electron chi connectivity index (χ1n) is 6.54. The van der Waals surface area contributed by atoms with Gasteiger partial charge in [-0.1, -0.05) is 17.7 Å². The molecule has 0 aromatic heterocycles. The number of hydrogen-bond acceptors (Lipinski definition) is 3. The van der Waals surface area contributed by atoms with Crippen molar-refractivity contribution in [2.75, 3.05) is 13.1 Å². The number of nitrogens with one attached hydrogen (secondary N) is 2. The zero-order valence-electron chi connectivity index (χ0n) is 11.9. The van der Waals surface area contributed by atoms with Gasteiger partial charge in [-0.05, 0) is 31.9 Å². The van der Waals surface area contributed by atoms with Crippen LogP contribution in [0.5, 0.6) is 0 Å². The van der Waals surface area contributed by atoms with Gasteiger partial charge in [0.2, 0.25) is 10.0 Å². The lowest BCUT2D eigenvalue weighted by molar-refractivity contribution is -0.173. The average molecular weight is 338 g/mol. The van der Waals surface area contributed by atoms with Gasteiger partial charge in [-0.25, -0.2) is 13.1 Å². The second-order valence-electron chi connectivity index (χ2n) is 4.67. The molecule has 0 saturated carbocycles. The Kier molecular flexibility index (Phi) is 6.36. The summed E-state index contributed by atoms with van der Waals surface area (Å²) in [6.07, 6.45) is -4.35. The Labute approximate surface area is 127 Å². The van der Waals surface area contributed by atoms with Crippen LogP contribution in [0.3, 0.4) is 0 Å². The minimum absolute atomic E-state index is 0.0814. The van der Waals surface area contributed by atoms with Crippen molar-refractivity contribution in [1.29, 1.82) is 0 Å². The standard InChI is InChI=1S/C13H17F3N2O3S/c1-10-4-6-11(7-5-10)22(20,21)18-9-3-2-8-17-12(19)13(14,15)16/h4-7,18H,2-3,8-9H2,1H3,(H,17,19). The molecule has 1 amide bonds. The highest BCUT2D eigenvalue weighted by atomic mass is 32.2. The molecule has 0 aliphatic heterocycles. The van der Waals surface area contributed by atoms with E-state index in [9.17, 15) is 26.4 Å². The third-order valence-electron chi connectivity index (χ3n) is 2.77. The number of sulfonamides is 1. The van der Waals surface area contributed by atoms with Gasteiger partial charge in [0.1, 0.15) is 0 Å². The minimum Gasteiger partial charge on any atom is -0.348 e. The summed E-state index contributed by atoms with van der Waals surface area (Å²) >= 11 is 0. The lowest BCUT2D eigenvalue weighted by Gasteiger charge is -2.09. The molecule has 0 unspecified atom stereocenters. The van der Waals surface area contributed by atoms with Crippen LogP contribution in [0.25, 0.3) is 0 Å². The number of rotatable bonds is 7. The number of amides is 1. The van der Waals surface area contributed by atoms with Gasteiger partial charge in [-0.15, -0.1) is 0 Å². The average Bonchev–Trinajstić information content (AvgIpc) is 2.41. The van der Waals surface area contributed by atoms with Gasteiger partial charge in [0.05, 0.1) is 4.90 Å². The van der Waals surface area contributed by atoms with E-state index in [1.54, 1.807) is 17.4 Å². The van der Waals surface area contributed by atoms with E-state index in [-0.39, 0.29) is 24.4 Å². The smallest absolute Gasteiger partial charge is 0.348 e. The number of aryl methyl sites for hydroxylation is 1. The maximum absolute atomic E-state index is 11.9. The fourth-order valence-corrected chi connectivity index (χ4v) is 2.63. The van der Waals surface area contributed by atoms with Gasteiger partial charge in [-0.3, -0.25) is 4.79 Å². The minimum atomic E-state index is -4.90. The van der Waals surface area contributed by atoms with Crippen LogP contribution >= 0.6 is 0 Å². The molecule has 0 spiro atoms. The Morgan fingerprint density at radius 2 is 1.64 bits per heavy atom. The molecule has 0 heterocycles. The fourth-order valence-electron chi connectivity index (χ4n) is 1.56. The van der Waals surface area contributed by atoms with Gasteiger partial charge in [0, 0.05) is 13.1 Å². The number of alkyl halides is 3. The second kappa shape index (κ2) is 7.59. The van der Waals surface area contributed by atoms with E-state index in [0.717, 1.165) is 5.56 Å². The number of halogens is 3. The number of hydrogen-bond donors (Lipinski definition) is 2. The quantitative estimate of drug-likeness (QED) is 0.744. The van der Waals surface area contributed by atoms with Crippen LogP contribution in [0.1, 0.15) is 18.4 Å². The third kappa shape index (κ3) is 6.02. The maximum Gasteiger partial charge on any atom is 0.471 e. The van der Waals surface area contributed by atoms with Crippen molar-refractivity contribution in [3.05, 3.63) is 29.8 Å². The second-order valence-corrected chi connectivity index (χ2v) is 6.44. The first-order chi connectivity index (χ1) is 10.1. The Morgan fingerprint density at radius 3 is 2.18 bits per heavy atom. The predicted octanol–water partition coefficient (Wildman–Crippen LogP) is 1.73. The predicted molar refractivity (Wildman–Crippen MR) is 74.7 cm³/mol. The highest BCUT2D eigenvalue weighted by Gasteiger charge is 2.38. The molecule has 5 nitrogen and oxygen atoms in total. The summed E-state index contributed by atoms with van der Waals surface area (Å²) in [5, 5.41) is 1.72. The van der Waals surface area contributed by atoms with Crippen molar-refractivity contribution in [1.82, 2.24) is 10.0 Å². The number of benzene rings is 1. The molecule has 1 rings (SSSR count). The van der Waals surface area contributed by atoms with Crippen LogP contribution in [0.4, 0.5) is 13.2 Å². The van der Waals surface area contributed by atoms with Crippen molar-refractivity contribution in [3.63, 3.8) is 0 Å². The molecule has 22 heavy (non-hydrogen) atoms. The third-order valence-corrected chi connectivity index (χ3v) is 4.25. The molecule has 0 aliphatic carbocycles. The van der Waals surface area contributed by atoms with Crippen molar-refractivity contribution < 1.29 is 26.4 Å². The van der Waals surface area contributed by atoms with E-state index in [0.29, 0.717) is 6.42 Å². The van der Waals surface area contributed by atoms with Crippen molar-refractivity contribution in [2.45, 2.75) is 30.8 Å². The summed E-state index contributed by atoms with van der Waals surface area (Å²) < 4.78 is 61.8. The summed E-state index contributed by atoms with van der Waals surface area (Å²) in [7, 11) is -3.62. The maximum atomic E-state index is 11.9. The molecule has 0 fully saturated rings. The summed E-state index contributed by atoms with van der Waals surface area (Å²) in [6.45, 7) is 1.75. The zero-order valence-corrected chi connectivity index (χ0v) is 12.7. The molecular formula is C13H17F3N2O3S. The fraction of sp³-hybridized carbons (Fsp3) is 0.462. The van der Waals surface area contributed by atoms with Crippen LogP contribution in [0, 0.1) is 6.92 Å². The number of carbonyl (C=O) groups excluding carboxylic acids is 1. The summed E-state index contributed by atoms with van der Waals surface area (Å²) in [5.41, 5.74) is 0.930. The molecule has 9 heteroatoms. The summed E-state index contributed by atoms with van der Waals surface area (Å²) in [6, 6.07) is 6.28. The van der Waals surface area contributed by atoms with Gasteiger partial charge in [0.15, 0.2) is 0 Å². The number of unbranched alkanes of at least 4 members (excludes halogenated alkanes) is 1. The van der Waals surface area contributed by atoms with E-state index >= 15 is 0 Å². The highest BCUT2D eigenvalue weighted by Crippen LogP contribution is 2.14. The van der Waals surface area contributed by atoms with E-state index in [2.05, 4.69) is 4.72 Å². The highest BCUT2D eigenvalue weighted by molar-refractivity contribution is 7.89. The Bertz CT molecular complexity index is 598. The monoisotopic (exact) mass is 338 g/mol. The lowest BCUT2D eigenvalue weighted by atomic mass is 10.2. The topological polar surface area (TPSA) is 75.3 Å². The van der Waals surface area contributed by atoms with Crippen molar-refractivity contribution >= 4 is 15.9 Å². The normalized spacial score (nSPS) is 12.2. The Hall–Kier alpha value is -1.61. The molecule has 1 aromatic rings. The first kappa shape index (κ1) is 18.4. The SMILES string of the molecule is Cc1ccc(S(=O)(=O)NCCCCNC(=O)C(F)(F)F)cc1. The van der Waals surface area contributed by atoms with Crippen LogP contribution in [0.2, 0.25) is 0 Å². The summed E-state index contributed by atoms with van der Waals surface area (Å²) in [5.74, 6) is -1.99. The van der Waals surface area contributed by atoms with Gasteiger partial charge >= 0.3 is 12.1 Å². The van der Waals surface area contributed by atoms with E-state index in [1.165, 1.54) is 12.1 Å². The molecule has 0 saturated heterocycles. The van der Waals surface area contributed by atoms with Gasteiger partial charge in [-0.2, -0.15) is 13.2 Å². The lowest BCUT2D eigenvalue weighted by Crippen LogP contribution is -2.37. The molecule has 0 bridgehead atoms. The van der Waals surface area contributed by atoms with Crippen LogP contribution < -0.4 is 10.0 Å². The van der Waals surface area contributed by atoms with Crippen LogP contribution in [-0.2, 0) is 14.8 Å². The molecular weight excluding hydrogens is 321 g/mol. The Morgan fingerprint density at radius 1 is 1.09 bits per heavy atom. The molecule has 1 aromatic carbocycles. The zero-order chi connectivity index (χ0) is 16.8. The summed E-state index contributed by atoms with van der Waals surface area (Å²) in [4.78, 5) is 10.6. The van der Waals surface area contributed by atoms with Crippen molar-refractivity contribution in [3.8, 4) is 0 Å². The van der Waals surface area contributed by atoms with Crippen molar-refractivity contribution in [2.24, 2.45) is 0 Å².